The SMILES string of the molecule is CC(C)c1cc2c(cc1C#N)OCCCO2. The third kappa shape index (κ3) is 1.96. The van der Waals surface area contributed by atoms with Crippen LogP contribution >= 0.6 is 0 Å². The number of benzene rings is 1. The largest absolute Gasteiger partial charge is 0.490 e. The smallest absolute Gasteiger partial charge is 0.162 e. The fourth-order valence-electron chi connectivity index (χ4n) is 1.80. The average molecular weight is 217 g/mol. The van der Waals surface area contributed by atoms with Crippen molar-refractivity contribution in [3.8, 4) is 17.6 Å². The molecule has 2 rings (SSSR count). The van der Waals surface area contributed by atoms with Crippen LogP contribution in [0.25, 0.3) is 0 Å². The standard InChI is InChI=1S/C13H15NO2/c1-9(2)11-7-13-12(6-10(11)8-14)15-4-3-5-16-13/h6-7,9H,3-5H2,1-2H3. The van der Waals surface area contributed by atoms with E-state index in [-0.39, 0.29) is 0 Å². The summed E-state index contributed by atoms with van der Waals surface area (Å²) in [7, 11) is 0. The summed E-state index contributed by atoms with van der Waals surface area (Å²) < 4.78 is 11.2. The van der Waals surface area contributed by atoms with Gasteiger partial charge in [0.25, 0.3) is 0 Å². The van der Waals surface area contributed by atoms with Crippen molar-refractivity contribution in [1.82, 2.24) is 0 Å². The van der Waals surface area contributed by atoms with Crippen molar-refractivity contribution in [2.45, 2.75) is 26.2 Å². The topological polar surface area (TPSA) is 42.2 Å². The molecule has 0 spiro atoms. The predicted octanol–water partition coefficient (Wildman–Crippen LogP) is 2.84. The highest BCUT2D eigenvalue weighted by atomic mass is 16.5. The van der Waals surface area contributed by atoms with Gasteiger partial charge in [-0.3, -0.25) is 0 Å². The van der Waals surface area contributed by atoms with E-state index in [2.05, 4.69) is 19.9 Å². The van der Waals surface area contributed by atoms with E-state index in [9.17, 15) is 0 Å². The number of hydrogen-bond donors (Lipinski definition) is 0. The molecule has 1 aliphatic heterocycles. The summed E-state index contributed by atoms with van der Waals surface area (Å²) in [6, 6.07) is 5.93. The van der Waals surface area contributed by atoms with Crippen molar-refractivity contribution in [3.05, 3.63) is 23.3 Å². The summed E-state index contributed by atoms with van der Waals surface area (Å²) in [4.78, 5) is 0. The van der Waals surface area contributed by atoms with Crippen LogP contribution < -0.4 is 9.47 Å². The van der Waals surface area contributed by atoms with E-state index in [1.54, 1.807) is 6.07 Å². The summed E-state index contributed by atoms with van der Waals surface area (Å²) in [5.74, 6) is 1.77. The number of fused-ring (bicyclic) bond motifs is 1. The molecule has 0 aliphatic carbocycles. The molecule has 84 valence electrons. The van der Waals surface area contributed by atoms with E-state index in [4.69, 9.17) is 14.7 Å². The van der Waals surface area contributed by atoms with Gasteiger partial charge in [0.05, 0.1) is 24.8 Å². The van der Waals surface area contributed by atoms with Gasteiger partial charge < -0.3 is 9.47 Å². The summed E-state index contributed by atoms with van der Waals surface area (Å²) in [5.41, 5.74) is 1.70. The molecule has 1 heterocycles. The highest BCUT2D eigenvalue weighted by Crippen LogP contribution is 2.35. The molecule has 0 radical (unpaired) electrons. The van der Waals surface area contributed by atoms with Crippen LogP contribution in [0.3, 0.4) is 0 Å². The number of hydrogen-bond acceptors (Lipinski definition) is 3. The first-order chi connectivity index (χ1) is 7.72. The first kappa shape index (κ1) is 10.8. The van der Waals surface area contributed by atoms with Gasteiger partial charge in [-0.2, -0.15) is 5.26 Å². The summed E-state index contributed by atoms with van der Waals surface area (Å²) in [6.07, 6.45) is 0.883. The molecule has 0 bridgehead atoms. The minimum atomic E-state index is 0.312. The molecule has 0 amide bonds. The Kier molecular flexibility index (Phi) is 3.00. The van der Waals surface area contributed by atoms with Crippen LogP contribution in [0.4, 0.5) is 0 Å². The molecule has 1 aromatic carbocycles. The summed E-state index contributed by atoms with van der Waals surface area (Å²) in [6.45, 7) is 5.47. The van der Waals surface area contributed by atoms with Crippen molar-refractivity contribution < 1.29 is 9.47 Å². The van der Waals surface area contributed by atoms with Crippen LogP contribution in [0, 0.1) is 11.3 Å². The van der Waals surface area contributed by atoms with E-state index in [1.807, 2.05) is 6.07 Å². The molecule has 0 unspecified atom stereocenters. The summed E-state index contributed by atoms with van der Waals surface area (Å²) in [5, 5.41) is 9.09. The molecular weight excluding hydrogens is 202 g/mol. The molecule has 0 aromatic heterocycles. The fourth-order valence-corrected chi connectivity index (χ4v) is 1.80. The van der Waals surface area contributed by atoms with Crippen LogP contribution in [-0.4, -0.2) is 13.2 Å². The monoisotopic (exact) mass is 217 g/mol. The van der Waals surface area contributed by atoms with E-state index >= 15 is 0 Å². The lowest BCUT2D eigenvalue weighted by Crippen LogP contribution is -1.97. The van der Waals surface area contributed by atoms with Crippen LogP contribution in [0.15, 0.2) is 12.1 Å². The number of rotatable bonds is 1. The highest BCUT2D eigenvalue weighted by molar-refractivity contribution is 5.53. The Labute approximate surface area is 95.6 Å². The Morgan fingerprint density at radius 1 is 1.19 bits per heavy atom. The lowest BCUT2D eigenvalue weighted by Gasteiger charge is -2.13. The zero-order valence-corrected chi connectivity index (χ0v) is 9.62. The van der Waals surface area contributed by atoms with E-state index in [1.165, 1.54) is 0 Å². The number of nitrogens with zero attached hydrogens (tertiary/aromatic N) is 1. The minimum Gasteiger partial charge on any atom is -0.490 e. The second kappa shape index (κ2) is 4.44. The first-order valence-corrected chi connectivity index (χ1v) is 5.56. The molecule has 0 saturated carbocycles. The maximum Gasteiger partial charge on any atom is 0.162 e. The van der Waals surface area contributed by atoms with Crippen molar-refractivity contribution in [2.24, 2.45) is 0 Å². The van der Waals surface area contributed by atoms with Gasteiger partial charge in [-0.1, -0.05) is 13.8 Å². The molecule has 1 aliphatic rings. The third-order valence-electron chi connectivity index (χ3n) is 2.66. The Morgan fingerprint density at radius 3 is 2.38 bits per heavy atom. The molecule has 1 aromatic rings. The molecule has 3 heteroatoms. The van der Waals surface area contributed by atoms with Crippen molar-refractivity contribution >= 4 is 0 Å². The van der Waals surface area contributed by atoms with Gasteiger partial charge in [0.1, 0.15) is 0 Å². The van der Waals surface area contributed by atoms with Gasteiger partial charge in [-0.25, -0.2) is 0 Å². The lowest BCUT2D eigenvalue weighted by molar-refractivity contribution is 0.297. The van der Waals surface area contributed by atoms with E-state index in [0.29, 0.717) is 30.4 Å². The molecule has 3 nitrogen and oxygen atoms in total. The molecule has 0 atom stereocenters. The predicted molar refractivity (Wildman–Crippen MR) is 60.9 cm³/mol. The normalized spacial score (nSPS) is 14.4. The Morgan fingerprint density at radius 2 is 1.81 bits per heavy atom. The zero-order chi connectivity index (χ0) is 11.5. The van der Waals surface area contributed by atoms with Gasteiger partial charge in [-0.05, 0) is 17.5 Å². The summed E-state index contributed by atoms with van der Waals surface area (Å²) >= 11 is 0. The molecule has 0 saturated heterocycles. The highest BCUT2D eigenvalue weighted by Gasteiger charge is 2.16. The molecular formula is C13H15NO2. The fraction of sp³-hybridized carbons (Fsp3) is 0.462. The van der Waals surface area contributed by atoms with E-state index in [0.717, 1.165) is 17.7 Å². The number of nitriles is 1. The third-order valence-corrected chi connectivity index (χ3v) is 2.66. The minimum absolute atomic E-state index is 0.312. The first-order valence-electron chi connectivity index (χ1n) is 5.56. The maximum absolute atomic E-state index is 9.09. The van der Waals surface area contributed by atoms with Crippen molar-refractivity contribution in [3.63, 3.8) is 0 Å². The maximum atomic E-state index is 9.09. The van der Waals surface area contributed by atoms with Crippen LogP contribution in [0.5, 0.6) is 11.5 Å². The quantitative estimate of drug-likeness (QED) is 0.726. The Hall–Kier alpha value is -1.69. The van der Waals surface area contributed by atoms with Crippen LogP contribution in [-0.2, 0) is 0 Å². The van der Waals surface area contributed by atoms with E-state index < -0.39 is 0 Å². The van der Waals surface area contributed by atoms with Gasteiger partial charge >= 0.3 is 0 Å². The second-order valence-electron chi connectivity index (χ2n) is 4.20. The average Bonchev–Trinajstić information content (AvgIpc) is 2.51. The number of ether oxygens (including phenoxy) is 2. The van der Waals surface area contributed by atoms with Gasteiger partial charge in [0.15, 0.2) is 11.5 Å². The molecule has 0 fully saturated rings. The van der Waals surface area contributed by atoms with Gasteiger partial charge in [0, 0.05) is 12.5 Å². The Balaban J connectivity index is 2.50. The second-order valence-corrected chi connectivity index (χ2v) is 4.20. The Bertz CT molecular complexity index is 432. The van der Waals surface area contributed by atoms with Gasteiger partial charge in [0.2, 0.25) is 0 Å². The van der Waals surface area contributed by atoms with Crippen molar-refractivity contribution in [1.29, 1.82) is 5.26 Å². The van der Waals surface area contributed by atoms with Crippen LogP contribution in [0.2, 0.25) is 0 Å². The van der Waals surface area contributed by atoms with Crippen LogP contribution in [0.1, 0.15) is 37.3 Å². The lowest BCUT2D eigenvalue weighted by atomic mass is 9.97. The molecule has 16 heavy (non-hydrogen) atoms. The van der Waals surface area contributed by atoms with Gasteiger partial charge in [-0.15, -0.1) is 0 Å². The zero-order valence-electron chi connectivity index (χ0n) is 9.62. The van der Waals surface area contributed by atoms with Crippen molar-refractivity contribution in [2.75, 3.05) is 13.2 Å². The molecule has 0 N–H and O–H groups in total.